The number of hydrogen-bond donors (Lipinski definition) is 1. The van der Waals surface area contributed by atoms with Crippen molar-refractivity contribution in [3.63, 3.8) is 0 Å². The number of thioether (sulfide) groups is 1. The third kappa shape index (κ3) is 3.51. The molecule has 0 bridgehead atoms. The summed E-state index contributed by atoms with van der Waals surface area (Å²) in [7, 11) is 1.64. The number of benzene rings is 2. The van der Waals surface area contributed by atoms with Crippen LogP contribution in [-0.4, -0.2) is 25.4 Å². The normalized spacial score (nSPS) is 21.2. The van der Waals surface area contributed by atoms with Gasteiger partial charge in [-0.25, -0.2) is 0 Å². The van der Waals surface area contributed by atoms with Crippen LogP contribution < -0.4 is 14.8 Å². The van der Waals surface area contributed by atoms with Gasteiger partial charge in [-0.3, -0.25) is 4.79 Å². The maximum atomic E-state index is 12.9. The van der Waals surface area contributed by atoms with Crippen molar-refractivity contribution < 1.29 is 14.3 Å². The molecule has 6 heteroatoms. The van der Waals surface area contributed by atoms with Gasteiger partial charge in [0.15, 0.2) is 0 Å². The Bertz CT molecular complexity index is 842. The van der Waals surface area contributed by atoms with Crippen molar-refractivity contribution in [2.24, 2.45) is 5.92 Å². The van der Waals surface area contributed by atoms with Crippen LogP contribution >= 0.6 is 23.4 Å². The molecule has 0 spiro atoms. The summed E-state index contributed by atoms with van der Waals surface area (Å²) in [5, 5.41) is 3.91. The van der Waals surface area contributed by atoms with E-state index in [4.69, 9.17) is 21.1 Å². The zero-order valence-electron chi connectivity index (χ0n) is 14.5. The van der Waals surface area contributed by atoms with Crippen LogP contribution in [0.3, 0.4) is 0 Å². The molecule has 2 unspecified atom stereocenters. The van der Waals surface area contributed by atoms with Crippen LogP contribution in [-0.2, 0) is 11.2 Å². The maximum absolute atomic E-state index is 12.9. The van der Waals surface area contributed by atoms with E-state index in [1.807, 2.05) is 48.2 Å². The number of halogens is 1. The molecule has 2 heterocycles. The molecule has 4 rings (SSSR count). The average Bonchev–Trinajstić information content (AvgIpc) is 2.67. The van der Waals surface area contributed by atoms with Crippen molar-refractivity contribution in [2.45, 2.75) is 23.8 Å². The number of carbonyl (C=O) groups is 1. The molecule has 0 radical (unpaired) electrons. The van der Waals surface area contributed by atoms with Crippen molar-refractivity contribution >= 4 is 29.3 Å². The summed E-state index contributed by atoms with van der Waals surface area (Å²) in [5.41, 5.74) is 2.12. The van der Waals surface area contributed by atoms with Crippen LogP contribution in [0.15, 0.2) is 41.3 Å². The van der Waals surface area contributed by atoms with Gasteiger partial charge >= 0.3 is 0 Å². The Balaban J connectivity index is 1.49. The first-order valence-electron chi connectivity index (χ1n) is 8.66. The van der Waals surface area contributed by atoms with E-state index in [0.717, 1.165) is 34.8 Å². The highest BCUT2D eigenvalue weighted by Crippen LogP contribution is 2.38. The Morgan fingerprint density at radius 2 is 2.19 bits per heavy atom. The molecule has 1 amide bonds. The topological polar surface area (TPSA) is 47.6 Å². The highest BCUT2D eigenvalue weighted by molar-refractivity contribution is 7.99. The summed E-state index contributed by atoms with van der Waals surface area (Å²) in [6, 6.07) is 11.6. The van der Waals surface area contributed by atoms with Gasteiger partial charge in [0.05, 0.1) is 19.1 Å². The third-order valence-electron chi connectivity index (χ3n) is 4.87. The van der Waals surface area contributed by atoms with E-state index in [1.165, 1.54) is 4.90 Å². The largest absolute Gasteiger partial charge is 0.497 e. The molecule has 2 aliphatic heterocycles. The number of amides is 1. The Hall–Kier alpha value is -1.85. The standard InChI is InChI=1S/C20H20ClNO3S/c1-24-15-3-4-18-12(9-15)8-13(11-25-18)20(23)22-17-6-7-26-19-5-2-14(21)10-16(17)19/h2-5,9-10,13,17H,6-8,11H2,1H3,(H,22,23). The molecule has 2 aliphatic rings. The zero-order valence-corrected chi connectivity index (χ0v) is 16.0. The van der Waals surface area contributed by atoms with E-state index in [9.17, 15) is 4.79 Å². The Kier molecular flexibility index (Phi) is 5.00. The molecular formula is C20H20ClNO3S. The predicted molar refractivity (Wildman–Crippen MR) is 103 cm³/mol. The van der Waals surface area contributed by atoms with Gasteiger partial charge in [0.25, 0.3) is 0 Å². The first kappa shape index (κ1) is 17.6. The van der Waals surface area contributed by atoms with Gasteiger partial charge in [-0.05, 0) is 60.4 Å². The van der Waals surface area contributed by atoms with Crippen molar-refractivity contribution in [1.82, 2.24) is 5.32 Å². The quantitative estimate of drug-likeness (QED) is 0.852. The second kappa shape index (κ2) is 7.41. The van der Waals surface area contributed by atoms with Gasteiger partial charge < -0.3 is 14.8 Å². The van der Waals surface area contributed by atoms with E-state index in [1.54, 1.807) is 7.11 Å². The minimum Gasteiger partial charge on any atom is -0.497 e. The summed E-state index contributed by atoms with van der Waals surface area (Å²) in [6.45, 7) is 0.398. The van der Waals surface area contributed by atoms with Gasteiger partial charge in [-0.2, -0.15) is 0 Å². The fourth-order valence-electron chi connectivity index (χ4n) is 3.47. The van der Waals surface area contributed by atoms with Gasteiger partial charge in [0, 0.05) is 15.7 Å². The van der Waals surface area contributed by atoms with E-state index in [0.29, 0.717) is 18.1 Å². The summed E-state index contributed by atoms with van der Waals surface area (Å²) >= 11 is 7.97. The molecule has 2 atom stereocenters. The van der Waals surface area contributed by atoms with E-state index in [2.05, 4.69) is 5.32 Å². The van der Waals surface area contributed by atoms with Crippen LogP contribution in [0, 0.1) is 5.92 Å². The average molecular weight is 390 g/mol. The highest BCUT2D eigenvalue weighted by Gasteiger charge is 2.30. The lowest BCUT2D eigenvalue weighted by molar-refractivity contribution is -0.127. The lowest BCUT2D eigenvalue weighted by atomic mass is 9.94. The van der Waals surface area contributed by atoms with Gasteiger partial charge in [-0.15, -0.1) is 11.8 Å². The number of hydrogen-bond acceptors (Lipinski definition) is 4. The molecule has 4 nitrogen and oxygen atoms in total. The van der Waals surface area contributed by atoms with E-state index in [-0.39, 0.29) is 17.9 Å². The molecule has 2 aromatic carbocycles. The second-order valence-corrected chi connectivity index (χ2v) is 8.14. The Labute approximate surface area is 162 Å². The number of nitrogens with one attached hydrogen (secondary N) is 1. The Morgan fingerprint density at radius 3 is 3.04 bits per heavy atom. The number of rotatable bonds is 3. The zero-order chi connectivity index (χ0) is 18.1. The summed E-state index contributed by atoms with van der Waals surface area (Å²) in [5.74, 6) is 2.43. The fourth-order valence-corrected chi connectivity index (χ4v) is 4.76. The maximum Gasteiger partial charge on any atom is 0.227 e. The molecule has 0 aromatic heterocycles. The molecular weight excluding hydrogens is 370 g/mol. The van der Waals surface area contributed by atoms with Crippen LogP contribution in [0.4, 0.5) is 0 Å². The monoisotopic (exact) mass is 389 g/mol. The van der Waals surface area contributed by atoms with Crippen molar-refractivity contribution in [1.29, 1.82) is 0 Å². The van der Waals surface area contributed by atoms with Gasteiger partial charge in [-0.1, -0.05) is 11.6 Å². The van der Waals surface area contributed by atoms with Crippen LogP contribution in [0.2, 0.25) is 5.02 Å². The van der Waals surface area contributed by atoms with Crippen molar-refractivity contribution in [3.05, 3.63) is 52.5 Å². The minimum absolute atomic E-state index is 0.00385. The van der Waals surface area contributed by atoms with Crippen LogP contribution in [0.25, 0.3) is 0 Å². The van der Waals surface area contributed by atoms with Crippen LogP contribution in [0.5, 0.6) is 11.5 Å². The molecule has 0 fully saturated rings. The minimum atomic E-state index is -0.202. The molecule has 0 saturated carbocycles. The molecule has 136 valence electrons. The smallest absolute Gasteiger partial charge is 0.227 e. The summed E-state index contributed by atoms with van der Waals surface area (Å²) < 4.78 is 11.1. The van der Waals surface area contributed by atoms with Gasteiger partial charge in [0.1, 0.15) is 18.1 Å². The summed E-state index contributed by atoms with van der Waals surface area (Å²) in [4.78, 5) is 14.1. The highest BCUT2D eigenvalue weighted by atomic mass is 35.5. The number of carbonyl (C=O) groups excluding carboxylic acids is 1. The van der Waals surface area contributed by atoms with Crippen molar-refractivity contribution in [3.8, 4) is 11.5 Å². The van der Waals surface area contributed by atoms with Gasteiger partial charge in [0.2, 0.25) is 5.91 Å². The molecule has 0 saturated heterocycles. The number of methoxy groups -OCH3 is 1. The van der Waals surface area contributed by atoms with E-state index < -0.39 is 0 Å². The number of fused-ring (bicyclic) bond motifs is 2. The predicted octanol–water partition coefficient (Wildman–Crippen LogP) is 4.25. The fraction of sp³-hybridized carbons (Fsp3) is 0.350. The molecule has 26 heavy (non-hydrogen) atoms. The second-order valence-electron chi connectivity index (χ2n) is 6.57. The van der Waals surface area contributed by atoms with Crippen molar-refractivity contribution in [2.75, 3.05) is 19.5 Å². The lowest BCUT2D eigenvalue weighted by Crippen LogP contribution is -2.40. The Morgan fingerprint density at radius 1 is 1.31 bits per heavy atom. The third-order valence-corrected chi connectivity index (χ3v) is 6.23. The first-order valence-corrected chi connectivity index (χ1v) is 10.0. The first-order chi connectivity index (χ1) is 12.6. The van der Waals surface area contributed by atoms with Crippen LogP contribution in [0.1, 0.15) is 23.6 Å². The lowest BCUT2D eigenvalue weighted by Gasteiger charge is -2.30. The summed E-state index contributed by atoms with van der Waals surface area (Å²) in [6.07, 6.45) is 1.56. The van der Waals surface area contributed by atoms with E-state index >= 15 is 0 Å². The molecule has 1 N–H and O–H groups in total. The number of ether oxygens (including phenoxy) is 2. The molecule has 0 aliphatic carbocycles. The SMILES string of the molecule is COc1ccc2c(c1)CC(C(=O)NC1CCSc3ccc(Cl)cc31)CO2. The molecule has 2 aromatic rings.